The van der Waals surface area contributed by atoms with Gasteiger partial charge in [0.1, 0.15) is 0 Å². The summed E-state index contributed by atoms with van der Waals surface area (Å²) >= 11 is 0. The summed E-state index contributed by atoms with van der Waals surface area (Å²) in [6, 6.07) is 5.52. The van der Waals surface area contributed by atoms with Crippen LogP contribution in [-0.4, -0.2) is 29.2 Å². The molecule has 0 saturated carbocycles. The van der Waals surface area contributed by atoms with E-state index in [1.54, 1.807) is 0 Å². The van der Waals surface area contributed by atoms with Crippen molar-refractivity contribution in [3.8, 4) is 0 Å². The van der Waals surface area contributed by atoms with Crippen LogP contribution in [0.15, 0.2) is 24.3 Å². The second-order valence-electron chi connectivity index (χ2n) is 3.42. The van der Waals surface area contributed by atoms with Crippen molar-refractivity contribution in [3.05, 3.63) is 34.4 Å². The number of anilines is 1. The molecule has 0 bridgehead atoms. The first-order valence-electron chi connectivity index (χ1n) is 5.55. The van der Waals surface area contributed by atoms with Gasteiger partial charge in [-0.15, -0.1) is 5.06 Å². The van der Waals surface area contributed by atoms with Gasteiger partial charge in [0, 0.05) is 30.9 Å². The minimum absolute atomic E-state index is 0.0299. The Morgan fingerprint density at radius 2 is 1.89 bits per heavy atom. The summed E-state index contributed by atoms with van der Waals surface area (Å²) in [6.07, 6.45) is -0.618. The summed E-state index contributed by atoms with van der Waals surface area (Å²) in [5, 5.41) is 14.4. The van der Waals surface area contributed by atoms with Gasteiger partial charge in [0.2, 0.25) is 0 Å². The molecule has 0 aliphatic carbocycles. The lowest BCUT2D eigenvalue weighted by molar-refractivity contribution is -0.384. The van der Waals surface area contributed by atoms with Crippen LogP contribution in [0.1, 0.15) is 13.8 Å². The number of carbonyl (C=O) groups is 1. The van der Waals surface area contributed by atoms with E-state index in [-0.39, 0.29) is 5.69 Å². The summed E-state index contributed by atoms with van der Waals surface area (Å²) in [5.74, 6) is 0. The quantitative estimate of drug-likeness (QED) is 0.643. The molecule has 0 fully saturated rings. The van der Waals surface area contributed by atoms with Gasteiger partial charge in [-0.2, -0.15) is 0 Å². The van der Waals surface area contributed by atoms with E-state index in [2.05, 4.69) is 5.32 Å². The fourth-order valence-electron chi connectivity index (χ4n) is 1.28. The fraction of sp³-hybridized carbons (Fsp3) is 0.364. The van der Waals surface area contributed by atoms with E-state index >= 15 is 0 Å². The van der Waals surface area contributed by atoms with Crippen LogP contribution < -0.4 is 5.32 Å². The Balaban J connectivity index is 2.56. The highest BCUT2D eigenvalue weighted by Gasteiger charge is 2.09. The van der Waals surface area contributed by atoms with Crippen LogP contribution in [0.5, 0.6) is 0 Å². The van der Waals surface area contributed by atoms with Gasteiger partial charge in [-0.25, -0.2) is 4.79 Å². The van der Waals surface area contributed by atoms with Crippen molar-refractivity contribution in [1.29, 1.82) is 0 Å². The van der Waals surface area contributed by atoms with Crippen molar-refractivity contribution in [2.24, 2.45) is 0 Å². The van der Waals surface area contributed by atoms with Crippen molar-refractivity contribution in [2.45, 2.75) is 13.8 Å². The highest BCUT2D eigenvalue weighted by molar-refractivity contribution is 5.84. The fourth-order valence-corrected chi connectivity index (χ4v) is 1.28. The van der Waals surface area contributed by atoms with Crippen LogP contribution in [0.25, 0.3) is 0 Å². The van der Waals surface area contributed by atoms with Gasteiger partial charge in [0.15, 0.2) is 0 Å². The predicted molar refractivity (Wildman–Crippen MR) is 66.1 cm³/mol. The Hall–Kier alpha value is -2.15. The minimum atomic E-state index is -0.618. The molecule has 0 aromatic heterocycles. The first kappa shape index (κ1) is 13.9. The lowest BCUT2D eigenvalue weighted by Crippen LogP contribution is -2.29. The number of nitro groups is 1. The third-order valence-corrected chi connectivity index (χ3v) is 2.24. The van der Waals surface area contributed by atoms with Gasteiger partial charge in [-0.05, 0) is 26.0 Å². The van der Waals surface area contributed by atoms with Gasteiger partial charge in [0.05, 0.1) is 4.92 Å². The van der Waals surface area contributed by atoms with E-state index in [4.69, 9.17) is 4.84 Å². The maximum atomic E-state index is 11.5. The molecule has 0 aliphatic heterocycles. The Kier molecular flexibility index (Phi) is 5.06. The molecule has 1 amide bonds. The highest BCUT2D eigenvalue weighted by Crippen LogP contribution is 2.15. The number of amides is 1. The van der Waals surface area contributed by atoms with Crippen LogP contribution in [0.3, 0.4) is 0 Å². The van der Waals surface area contributed by atoms with E-state index in [1.165, 1.54) is 29.3 Å². The van der Waals surface area contributed by atoms with Gasteiger partial charge >= 0.3 is 6.09 Å². The van der Waals surface area contributed by atoms with Gasteiger partial charge in [0.25, 0.3) is 5.69 Å². The average Bonchev–Trinajstić information content (AvgIpc) is 2.36. The molecule has 0 unspecified atom stereocenters. The molecule has 0 heterocycles. The Morgan fingerprint density at radius 3 is 2.33 bits per heavy atom. The topological polar surface area (TPSA) is 84.7 Å². The summed E-state index contributed by atoms with van der Waals surface area (Å²) in [7, 11) is 0. The first-order chi connectivity index (χ1) is 8.56. The van der Waals surface area contributed by atoms with Crippen LogP contribution in [-0.2, 0) is 4.84 Å². The zero-order valence-electron chi connectivity index (χ0n) is 10.3. The Bertz CT molecular complexity index is 415. The third kappa shape index (κ3) is 4.02. The molecule has 1 aromatic rings. The summed E-state index contributed by atoms with van der Waals surface area (Å²) in [6.45, 7) is 4.90. The molecule has 0 radical (unpaired) electrons. The molecule has 98 valence electrons. The van der Waals surface area contributed by atoms with E-state index in [1.807, 2.05) is 13.8 Å². The molecule has 0 spiro atoms. The minimum Gasteiger partial charge on any atom is -0.351 e. The number of nitrogens with one attached hydrogen (secondary N) is 1. The zero-order valence-corrected chi connectivity index (χ0v) is 10.3. The third-order valence-electron chi connectivity index (χ3n) is 2.24. The van der Waals surface area contributed by atoms with Crippen molar-refractivity contribution in [2.75, 3.05) is 18.4 Å². The van der Waals surface area contributed by atoms with E-state index in [9.17, 15) is 14.9 Å². The van der Waals surface area contributed by atoms with Gasteiger partial charge < -0.3 is 4.84 Å². The van der Waals surface area contributed by atoms with Crippen molar-refractivity contribution in [1.82, 2.24) is 5.06 Å². The number of non-ortho nitro benzene ring substituents is 1. The molecule has 18 heavy (non-hydrogen) atoms. The molecular formula is C11H15N3O4. The van der Waals surface area contributed by atoms with Crippen LogP contribution in [0, 0.1) is 10.1 Å². The standard InChI is InChI=1S/C11H15N3O4/c1-3-13(4-2)18-11(15)12-9-5-7-10(8-6-9)14(16)17/h5-8H,3-4H2,1-2H3,(H,12,15). The number of nitrogens with zero attached hydrogens (tertiary/aromatic N) is 2. The normalized spacial score (nSPS) is 10.2. The maximum absolute atomic E-state index is 11.5. The molecule has 1 N–H and O–H groups in total. The second kappa shape index (κ2) is 6.55. The summed E-state index contributed by atoms with van der Waals surface area (Å²) in [4.78, 5) is 26.4. The first-order valence-corrected chi connectivity index (χ1v) is 5.55. The zero-order chi connectivity index (χ0) is 13.5. The molecule has 1 aromatic carbocycles. The van der Waals surface area contributed by atoms with Crippen molar-refractivity contribution < 1.29 is 14.6 Å². The largest absolute Gasteiger partial charge is 0.430 e. The Labute approximate surface area is 104 Å². The molecule has 1 rings (SSSR count). The van der Waals surface area contributed by atoms with Gasteiger partial charge in [-0.3, -0.25) is 15.4 Å². The van der Waals surface area contributed by atoms with Crippen LogP contribution >= 0.6 is 0 Å². The monoisotopic (exact) mass is 253 g/mol. The number of carbonyl (C=O) groups excluding carboxylic acids is 1. The maximum Gasteiger partial charge on any atom is 0.430 e. The number of hydrogen-bond acceptors (Lipinski definition) is 5. The number of hydroxylamine groups is 2. The number of benzene rings is 1. The molecule has 7 heteroatoms. The van der Waals surface area contributed by atoms with Crippen molar-refractivity contribution >= 4 is 17.5 Å². The molecule has 0 saturated heterocycles. The molecule has 7 nitrogen and oxygen atoms in total. The average molecular weight is 253 g/mol. The SMILES string of the molecule is CCN(CC)OC(=O)Nc1ccc([N+](=O)[O-])cc1. The van der Waals surface area contributed by atoms with Crippen molar-refractivity contribution in [3.63, 3.8) is 0 Å². The molecular weight excluding hydrogens is 238 g/mol. The van der Waals surface area contributed by atoms with Gasteiger partial charge in [-0.1, -0.05) is 0 Å². The van der Waals surface area contributed by atoms with E-state index in [0.29, 0.717) is 18.8 Å². The number of rotatable bonds is 5. The molecule has 0 aliphatic rings. The molecule has 0 atom stereocenters. The lowest BCUT2D eigenvalue weighted by atomic mass is 10.3. The van der Waals surface area contributed by atoms with Crippen LogP contribution in [0.4, 0.5) is 16.2 Å². The van der Waals surface area contributed by atoms with Crippen LogP contribution in [0.2, 0.25) is 0 Å². The predicted octanol–water partition coefficient (Wildman–Crippen LogP) is 2.40. The van der Waals surface area contributed by atoms with E-state index < -0.39 is 11.0 Å². The van der Waals surface area contributed by atoms with E-state index in [0.717, 1.165) is 0 Å². The lowest BCUT2D eigenvalue weighted by Gasteiger charge is -2.17. The summed E-state index contributed by atoms with van der Waals surface area (Å²) in [5.41, 5.74) is 0.412. The number of hydrogen-bond donors (Lipinski definition) is 1. The Morgan fingerprint density at radius 1 is 1.33 bits per heavy atom. The second-order valence-corrected chi connectivity index (χ2v) is 3.42. The summed E-state index contributed by atoms with van der Waals surface area (Å²) < 4.78 is 0. The smallest absolute Gasteiger partial charge is 0.351 e. The highest BCUT2D eigenvalue weighted by atomic mass is 16.7. The number of nitro benzene ring substituents is 1.